The lowest BCUT2D eigenvalue weighted by Gasteiger charge is -2.18. The highest BCUT2D eigenvalue weighted by Crippen LogP contribution is 2.23. The molecule has 3 nitrogen and oxygen atoms in total. The van der Waals surface area contributed by atoms with E-state index in [1.807, 2.05) is 0 Å². The highest BCUT2D eigenvalue weighted by Gasteiger charge is 2.26. The van der Waals surface area contributed by atoms with Gasteiger partial charge in [-0.05, 0) is 48.3 Å². The van der Waals surface area contributed by atoms with Crippen molar-refractivity contribution in [3.05, 3.63) is 28.5 Å². The molecule has 0 aliphatic heterocycles. The topological polar surface area (TPSA) is 46.5 Å². The Morgan fingerprint density at radius 2 is 2.18 bits per heavy atom. The fraction of sp³-hybridized carbons (Fsp3) is 0.417. The molecule has 0 spiro atoms. The number of carboxylic acid groups (broad SMARTS) is 1. The third-order valence-corrected chi connectivity index (χ3v) is 3.11. The van der Waals surface area contributed by atoms with Gasteiger partial charge in [-0.25, -0.2) is 4.39 Å². The largest absolute Gasteiger partial charge is 0.493 e. The van der Waals surface area contributed by atoms with Crippen LogP contribution >= 0.6 is 15.9 Å². The lowest BCUT2D eigenvalue weighted by molar-refractivity contribution is -0.147. The highest BCUT2D eigenvalue weighted by molar-refractivity contribution is 9.10. The Hall–Kier alpha value is -1.10. The fourth-order valence-corrected chi connectivity index (χ4v) is 1.34. The van der Waals surface area contributed by atoms with Gasteiger partial charge in [0.2, 0.25) is 0 Å². The lowest BCUT2D eigenvalue weighted by atomic mass is 9.90. The van der Waals surface area contributed by atoms with E-state index in [-0.39, 0.29) is 6.61 Å². The summed E-state index contributed by atoms with van der Waals surface area (Å²) in [5.41, 5.74) is -0.839. The summed E-state index contributed by atoms with van der Waals surface area (Å²) >= 11 is 3.04. The van der Waals surface area contributed by atoms with Crippen LogP contribution < -0.4 is 4.74 Å². The van der Waals surface area contributed by atoms with Crippen molar-refractivity contribution in [3.63, 3.8) is 0 Å². The summed E-state index contributed by atoms with van der Waals surface area (Å²) in [6, 6.07) is 4.44. The molecule has 17 heavy (non-hydrogen) atoms. The van der Waals surface area contributed by atoms with E-state index in [1.165, 1.54) is 6.07 Å². The maximum atomic E-state index is 13.1. The molecule has 0 radical (unpaired) electrons. The Balaban J connectivity index is 2.51. The van der Waals surface area contributed by atoms with Gasteiger partial charge >= 0.3 is 5.97 Å². The summed E-state index contributed by atoms with van der Waals surface area (Å²) < 4.78 is 18.8. The van der Waals surface area contributed by atoms with Crippen LogP contribution in [-0.4, -0.2) is 17.7 Å². The molecule has 1 aromatic carbocycles. The predicted molar refractivity (Wildman–Crippen MR) is 65.6 cm³/mol. The molecule has 0 unspecified atom stereocenters. The van der Waals surface area contributed by atoms with E-state index in [1.54, 1.807) is 26.0 Å². The molecule has 0 atom stereocenters. The number of carboxylic acids is 1. The quantitative estimate of drug-likeness (QED) is 0.906. The second-order valence-corrected chi connectivity index (χ2v) is 5.22. The first-order chi connectivity index (χ1) is 7.83. The minimum absolute atomic E-state index is 0.236. The van der Waals surface area contributed by atoms with Crippen molar-refractivity contribution in [1.82, 2.24) is 0 Å². The van der Waals surface area contributed by atoms with Crippen LogP contribution in [0.4, 0.5) is 4.39 Å². The van der Waals surface area contributed by atoms with Gasteiger partial charge in [-0.15, -0.1) is 0 Å². The van der Waals surface area contributed by atoms with Gasteiger partial charge in [-0.3, -0.25) is 4.79 Å². The molecular formula is C12H14BrFO3. The molecular weight excluding hydrogens is 291 g/mol. The zero-order valence-corrected chi connectivity index (χ0v) is 11.3. The SMILES string of the molecule is CC(C)(CCOc1ccc(Br)c(F)c1)C(=O)O. The number of hydrogen-bond donors (Lipinski definition) is 1. The summed E-state index contributed by atoms with van der Waals surface area (Å²) in [6.45, 7) is 3.49. The van der Waals surface area contributed by atoms with Crippen molar-refractivity contribution in [2.45, 2.75) is 20.3 Å². The number of hydrogen-bond acceptors (Lipinski definition) is 2. The van der Waals surface area contributed by atoms with Gasteiger partial charge < -0.3 is 9.84 Å². The van der Waals surface area contributed by atoms with E-state index in [4.69, 9.17) is 9.84 Å². The monoisotopic (exact) mass is 304 g/mol. The standard InChI is InChI=1S/C12H14BrFO3/c1-12(2,11(15)16)5-6-17-8-3-4-9(13)10(14)7-8/h3-4,7H,5-6H2,1-2H3,(H,15,16). The van der Waals surface area contributed by atoms with Gasteiger partial charge in [0.05, 0.1) is 16.5 Å². The second kappa shape index (κ2) is 5.49. The lowest BCUT2D eigenvalue weighted by Crippen LogP contribution is -2.25. The van der Waals surface area contributed by atoms with Crippen molar-refractivity contribution in [2.24, 2.45) is 5.41 Å². The number of carbonyl (C=O) groups is 1. The minimum Gasteiger partial charge on any atom is -0.493 e. The first-order valence-corrected chi connectivity index (χ1v) is 5.93. The Morgan fingerprint density at radius 1 is 1.53 bits per heavy atom. The first kappa shape index (κ1) is 14.0. The molecule has 1 N–H and O–H groups in total. The van der Waals surface area contributed by atoms with E-state index < -0.39 is 17.2 Å². The average Bonchev–Trinajstić information content (AvgIpc) is 2.23. The maximum absolute atomic E-state index is 13.1. The number of halogens is 2. The van der Waals surface area contributed by atoms with Gasteiger partial charge in [-0.1, -0.05) is 0 Å². The zero-order chi connectivity index (χ0) is 13.1. The van der Waals surface area contributed by atoms with Gasteiger partial charge in [0.15, 0.2) is 0 Å². The van der Waals surface area contributed by atoms with Crippen LogP contribution in [-0.2, 0) is 4.79 Å². The summed E-state index contributed by atoms with van der Waals surface area (Å²) in [4.78, 5) is 10.8. The summed E-state index contributed by atoms with van der Waals surface area (Å²) in [7, 11) is 0. The third-order valence-electron chi connectivity index (χ3n) is 2.47. The van der Waals surface area contributed by atoms with Crippen molar-refractivity contribution in [1.29, 1.82) is 0 Å². The Bertz CT molecular complexity index is 418. The van der Waals surface area contributed by atoms with Crippen molar-refractivity contribution in [3.8, 4) is 5.75 Å². The van der Waals surface area contributed by atoms with Crippen molar-refractivity contribution < 1.29 is 19.0 Å². The van der Waals surface area contributed by atoms with Crippen LogP contribution in [0.25, 0.3) is 0 Å². The molecule has 0 fully saturated rings. The third kappa shape index (κ3) is 4.00. The molecule has 0 saturated heterocycles. The fourth-order valence-electron chi connectivity index (χ4n) is 1.10. The molecule has 0 aliphatic carbocycles. The van der Waals surface area contributed by atoms with E-state index in [0.717, 1.165) is 0 Å². The smallest absolute Gasteiger partial charge is 0.309 e. The second-order valence-electron chi connectivity index (χ2n) is 4.36. The van der Waals surface area contributed by atoms with E-state index >= 15 is 0 Å². The Kier molecular flexibility index (Phi) is 4.51. The van der Waals surface area contributed by atoms with E-state index in [2.05, 4.69) is 15.9 Å². The minimum atomic E-state index is -0.872. The van der Waals surface area contributed by atoms with Crippen LogP contribution in [0.5, 0.6) is 5.75 Å². The Labute approximate surface area is 108 Å². The van der Waals surface area contributed by atoms with Crippen LogP contribution in [0.15, 0.2) is 22.7 Å². The molecule has 1 aromatic rings. The number of rotatable bonds is 5. The zero-order valence-electron chi connectivity index (χ0n) is 9.67. The molecule has 0 heterocycles. The molecule has 0 amide bonds. The van der Waals surface area contributed by atoms with Crippen LogP contribution in [0, 0.1) is 11.2 Å². The van der Waals surface area contributed by atoms with E-state index in [9.17, 15) is 9.18 Å². The normalized spacial score (nSPS) is 11.3. The van der Waals surface area contributed by atoms with Gasteiger partial charge in [-0.2, -0.15) is 0 Å². The van der Waals surface area contributed by atoms with Gasteiger partial charge in [0, 0.05) is 6.07 Å². The molecule has 5 heteroatoms. The predicted octanol–water partition coefficient (Wildman–Crippen LogP) is 3.47. The molecule has 0 bridgehead atoms. The average molecular weight is 305 g/mol. The van der Waals surface area contributed by atoms with Gasteiger partial charge in [0.25, 0.3) is 0 Å². The molecule has 0 aliphatic rings. The Morgan fingerprint density at radius 3 is 2.71 bits per heavy atom. The summed E-state index contributed by atoms with van der Waals surface area (Å²) in [6.07, 6.45) is 0.361. The molecule has 94 valence electrons. The van der Waals surface area contributed by atoms with Crippen LogP contribution in [0.3, 0.4) is 0 Å². The van der Waals surface area contributed by atoms with Crippen LogP contribution in [0.1, 0.15) is 20.3 Å². The maximum Gasteiger partial charge on any atom is 0.309 e. The highest BCUT2D eigenvalue weighted by atomic mass is 79.9. The van der Waals surface area contributed by atoms with Crippen molar-refractivity contribution in [2.75, 3.05) is 6.61 Å². The summed E-state index contributed by atoms with van der Waals surface area (Å²) in [5, 5.41) is 8.90. The molecule has 1 rings (SSSR count). The first-order valence-electron chi connectivity index (χ1n) is 5.14. The number of benzene rings is 1. The molecule has 0 saturated carbocycles. The van der Waals surface area contributed by atoms with Crippen LogP contribution in [0.2, 0.25) is 0 Å². The number of ether oxygens (including phenoxy) is 1. The molecule has 0 aromatic heterocycles. The summed E-state index contributed by atoms with van der Waals surface area (Å²) in [5.74, 6) is -0.880. The number of aliphatic carboxylic acids is 1. The van der Waals surface area contributed by atoms with Gasteiger partial charge in [0.1, 0.15) is 11.6 Å². The van der Waals surface area contributed by atoms with E-state index in [0.29, 0.717) is 16.6 Å². The van der Waals surface area contributed by atoms with Crippen molar-refractivity contribution >= 4 is 21.9 Å².